The molecule has 2 aromatic rings. The minimum atomic E-state index is -0.770. The number of hydrogen-bond acceptors (Lipinski definition) is 6. The van der Waals surface area contributed by atoms with E-state index in [9.17, 15) is 14.9 Å². The molecule has 0 aliphatic rings. The van der Waals surface area contributed by atoms with Gasteiger partial charge in [-0.15, -0.1) is 0 Å². The van der Waals surface area contributed by atoms with E-state index in [1.807, 2.05) is 0 Å². The van der Waals surface area contributed by atoms with Crippen molar-refractivity contribution in [3.05, 3.63) is 57.6 Å². The van der Waals surface area contributed by atoms with Crippen LogP contribution in [0.15, 0.2) is 42.5 Å². The van der Waals surface area contributed by atoms with Crippen LogP contribution in [0.3, 0.4) is 0 Å². The molecule has 0 saturated heterocycles. The quantitative estimate of drug-likeness (QED) is 0.348. The summed E-state index contributed by atoms with van der Waals surface area (Å²) < 4.78 is 15.1. The summed E-state index contributed by atoms with van der Waals surface area (Å²) >= 11 is 5.73. The van der Waals surface area contributed by atoms with E-state index in [0.29, 0.717) is 10.8 Å². The molecule has 0 bridgehead atoms. The summed E-state index contributed by atoms with van der Waals surface area (Å²) in [6.07, 6.45) is 0. The highest BCUT2D eigenvalue weighted by Crippen LogP contribution is 2.31. The third kappa shape index (κ3) is 4.58. The second-order valence-electron chi connectivity index (χ2n) is 4.31. The van der Waals surface area contributed by atoms with Gasteiger partial charge in [-0.2, -0.15) is 0 Å². The molecule has 0 N–H and O–H groups in total. The molecule has 0 aliphatic carbocycles. The first-order chi connectivity index (χ1) is 11.0. The van der Waals surface area contributed by atoms with Crippen LogP contribution in [-0.2, 0) is 4.79 Å². The van der Waals surface area contributed by atoms with Gasteiger partial charge in [0.1, 0.15) is 11.5 Å². The molecular formula is C15H12ClNO6. The molecule has 2 rings (SSSR count). The number of benzene rings is 2. The van der Waals surface area contributed by atoms with Crippen molar-refractivity contribution < 1.29 is 23.9 Å². The first-order valence-corrected chi connectivity index (χ1v) is 6.79. The van der Waals surface area contributed by atoms with Crippen LogP contribution in [0.25, 0.3) is 0 Å². The fourth-order valence-corrected chi connectivity index (χ4v) is 1.80. The van der Waals surface area contributed by atoms with Gasteiger partial charge in [-0.05, 0) is 36.4 Å². The maximum Gasteiger partial charge on any atom is 0.349 e. The van der Waals surface area contributed by atoms with Crippen LogP contribution in [0.2, 0.25) is 5.02 Å². The van der Waals surface area contributed by atoms with Gasteiger partial charge in [-0.3, -0.25) is 10.1 Å². The van der Waals surface area contributed by atoms with Crippen LogP contribution in [0, 0.1) is 10.1 Å². The molecule has 7 nitrogen and oxygen atoms in total. The highest BCUT2D eigenvalue weighted by molar-refractivity contribution is 6.30. The Hall–Kier alpha value is -2.80. The smallest absolute Gasteiger partial charge is 0.349 e. The largest absolute Gasteiger partial charge is 0.496 e. The Labute approximate surface area is 136 Å². The number of ether oxygens (including phenoxy) is 3. The van der Waals surface area contributed by atoms with Gasteiger partial charge in [0.15, 0.2) is 6.61 Å². The van der Waals surface area contributed by atoms with Crippen LogP contribution in [0.1, 0.15) is 0 Å². The van der Waals surface area contributed by atoms with Gasteiger partial charge in [0.05, 0.1) is 18.1 Å². The monoisotopic (exact) mass is 337 g/mol. The van der Waals surface area contributed by atoms with Gasteiger partial charge in [0.25, 0.3) is 0 Å². The van der Waals surface area contributed by atoms with Crippen molar-refractivity contribution >= 4 is 23.3 Å². The van der Waals surface area contributed by atoms with Crippen molar-refractivity contribution in [1.82, 2.24) is 0 Å². The Balaban J connectivity index is 2.02. The standard InChI is InChI=1S/C15H12ClNO6/c1-21-12-6-7-14(13(8-12)17(19)20)23-15(18)9-22-11-4-2-10(16)3-5-11/h2-8H,9H2,1H3. The van der Waals surface area contributed by atoms with E-state index >= 15 is 0 Å². The average molecular weight is 338 g/mol. The van der Waals surface area contributed by atoms with Crippen molar-refractivity contribution in [3.8, 4) is 17.2 Å². The lowest BCUT2D eigenvalue weighted by Crippen LogP contribution is -2.18. The predicted molar refractivity (Wildman–Crippen MR) is 82.2 cm³/mol. The maximum absolute atomic E-state index is 11.8. The molecule has 0 saturated carbocycles. The topological polar surface area (TPSA) is 87.9 Å². The second kappa shape index (κ2) is 7.46. The third-order valence-electron chi connectivity index (χ3n) is 2.76. The number of halogens is 1. The van der Waals surface area contributed by atoms with E-state index in [4.69, 9.17) is 25.8 Å². The summed E-state index contributed by atoms with van der Waals surface area (Å²) in [5.41, 5.74) is -0.371. The fourth-order valence-electron chi connectivity index (χ4n) is 1.68. The summed E-state index contributed by atoms with van der Waals surface area (Å²) in [5.74, 6) is -0.238. The first kappa shape index (κ1) is 16.6. The number of nitro groups is 1. The van der Waals surface area contributed by atoms with Gasteiger partial charge in [-0.25, -0.2) is 4.79 Å². The zero-order valence-corrected chi connectivity index (χ0v) is 12.8. The Morgan fingerprint density at radius 3 is 2.43 bits per heavy atom. The van der Waals surface area contributed by atoms with Crippen molar-refractivity contribution in [2.75, 3.05) is 13.7 Å². The maximum atomic E-state index is 11.8. The molecule has 0 aliphatic heterocycles. The predicted octanol–water partition coefficient (Wildman–Crippen LogP) is 3.24. The van der Waals surface area contributed by atoms with Crippen LogP contribution in [0.4, 0.5) is 5.69 Å². The molecular weight excluding hydrogens is 326 g/mol. The van der Waals surface area contributed by atoms with Crippen LogP contribution < -0.4 is 14.2 Å². The molecule has 0 heterocycles. The zero-order chi connectivity index (χ0) is 16.8. The third-order valence-corrected chi connectivity index (χ3v) is 3.01. The van der Waals surface area contributed by atoms with Crippen LogP contribution in [-0.4, -0.2) is 24.6 Å². The summed E-state index contributed by atoms with van der Waals surface area (Å²) in [7, 11) is 1.38. The number of methoxy groups -OCH3 is 1. The molecule has 0 amide bonds. The minimum absolute atomic E-state index is 0.180. The first-order valence-electron chi connectivity index (χ1n) is 6.41. The second-order valence-corrected chi connectivity index (χ2v) is 4.74. The lowest BCUT2D eigenvalue weighted by molar-refractivity contribution is -0.385. The summed E-state index contributed by atoms with van der Waals surface area (Å²) in [6.45, 7) is -0.398. The number of hydrogen-bond donors (Lipinski definition) is 0. The summed E-state index contributed by atoms with van der Waals surface area (Å²) in [4.78, 5) is 22.1. The number of esters is 1. The fraction of sp³-hybridized carbons (Fsp3) is 0.133. The van der Waals surface area contributed by atoms with E-state index in [2.05, 4.69) is 0 Å². The number of rotatable bonds is 6. The van der Waals surface area contributed by atoms with Crippen molar-refractivity contribution in [2.45, 2.75) is 0 Å². The number of carbonyl (C=O) groups is 1. The Morgan fingerprint density at radius 1 is 1.17 bits per heavy atom. The minimum Gasteiger partial charge on any atom is -0.496 e. The molecule has 120 valence electrons. The number of nitro benzene ring substituents is 1. The Kier molecular flexibility index (Phi) is 5.37. The van der Waals surface area contributed by atoms with Crippen LogP contribution >= 0.6 is 11.6 Å². The van der Waals surface area contributed by atoms with Crippen molar-refractivity contribution in [1.29, 1.82) is 0 Å². The average Bonchev–Trinajstić information content (AvgIpc) is 2.54. The lowest BCUT2D eigenvalue weighted by atomic mass is 10.3. The molecule has 0 spiro atoms. The SMILES string of the molecule is COc1ccc(OC(=O)COc2ccc(Cl)cc2)c([N+](=O)[O-])c1. The van der Waals surface area contributed by atoms with Gasteiger partial charge >= 0.3 is 11.7 Å². The highest BCUT2D eigenvalue weighted by Gasteiger charge is 2.19. The summed E-state index contributed by atoms with van der Waals surface area (Å²) in [5, 5.41) is 11.5. The molecule has 0 atom stereocenters. The van der Waals surface area contributed by atoms with Crippen molar-refractivity contribution in [3.63, 3.8) is 0 Å². The van der Waals surface area contributed by atoms with Gasteiger partial charge < -0.3 is 14.2 Å². The normalized spacial score (nSPS) is 10.0. The molecule has 0 aromatic heterocycles. The van der Waals surface area contributed by atoms with E-state index < -0.39 is 17.5 Å². The summed E-state index contributed by atoms with van der Waals surface area (Å²) in [6, 6.07) is 10.3. The highest BCUT2D eigenvalue weighted by atomic mass is 35.5. The Bertz CT molecular complexity index is 716. The Morgan fingerprint density at radius 2 is 1.83 bits per heavy atom. The van der Waals surface area contributed by atoms with E-state index in [-0.39, 0.29) is 17.2 Å². The van der Waals surface area contributed by atoms with E-state index in [1.165, 1.54) is 25.3 Å². The molecule has 23 heavy (non-hydrogen) atoms. The molecule has 0 unspecified atom stereocenters. The van der Waals surface area contributed by atoms with E-state index in [0.717, 1.165) is 0 Å². The molecule has 0 radical (unpaired) electrons. The molecule has 2 aromatic carbocycles. The lowest BCUT2D eigenvalue weighted by Gasteiger charge is -2.08. The van der Waals surface area contributed by atoms with E-state index in [1.54, 1.807) is 24.3 Å². The number of nitrogens with zero attached hydrogens (tertiary/aromatic N) is 1. The zero-order valence-electron chi connectivity index (χ0n) is 12.0. The molecule has 0 fully saturated rings. The van der Waals surface area contributed by atoms with Crippen molar-refractivity contribution in [2.24, 2.45) is 0 Å². The number of carbonyl (C=O) groups excluding carboxylic acids is 1. The van der Waals surface area contributed by atoms with Crippen LogP contribution in [0.5, 0.6) is 17.2 Å². The van der Waals surface area contributed by atoms with Gasteiger partial charge in [0.2, 0.25) is 5.75 Å². The molecule has 8 heteroatoms. The van der Waals surface area contributed by atoms with Gasteiger partial charge in [-0.1, -0.05) is 11.6 Å². The van der Waals surface area contributed by atoms with Gasteiger partial charge in [0, 0.05) is 5.02 Å².